The largest absolute Gasteiger partial charge is 0.336 e. The van der Waals surface area contributed by atoms with Crippen molar-refractivity contribution in [3.05, 3.63) is 35.4 Å². The van der Waals surface area contributed by atoms with Crippen LogP contribution in [-0.2, 0) is 6.42 Å². The molecule has 1 aromatic rings. The number of piperazine rings is 1. The fourth-order valence-electron chi connectivity index (χ4n) is 2.83. The highest BCUT2D eigenvalue weighted by Gasteiger charge is 2.21. The van der Waals surface area contributed by atoms with Crippen LogP contribution >= 0.6 is 0 Å². The first kappa shape index (κ1) is 16.0. The molecule has 0 atom stereocenters. The average Bonchev–Trinajstić information content (AvgIpc) is 2.55. The van der Waals surface area contributed by atoms with Crippen molar-refractivity contribution >= 4 is 5.91 Å². The van der Waals surface area contributed by atoms with Gasteiger partial charge in [-0.3, -0.25) is 9.69 Å². The number of carbonyl (C=O) groups is 1. The van der Waals surface area contributed by atoms with Crippen molar-refractivity contribution in [2.75, 3.05) is 32.7 Å². The van der Waals surface area contributed by atoms with Crippen LogP contribution < -0.4 is 0 Å². The summed E-state index contributed by atoms with van der Waals surface area (Å²) >= 11 is 0. The predicted octanol–water partition coefficient (Wildman–Crippen LogP) is 3.20. The Morgan fingerprint density at radius 3 is 2.24 bits per heavy atom. The Labute approximate surface area is 128 Å². The molecule has 0 saturated carbocycles. The first-order valence-electron chi connectivity index (χ1n) is 8.35. The fraction of sp³-hybridized carbons (Fsp3) is 0.611. The molecule has 0 spiro atoms. The summed E-state index contributed by atoms with van der Waals surface area (Å²) in [6.07, 6.45) is 4.88. The molecule has 116 valence electrons. The van der Waals surface area contributed by atoms with Gasteiger partial charge in [-0.15, -0.1) is 0 Å². The lowest BCUT2D eigenvalue weighted by Gasteiger charge is -2.34. The van der Waals surface area contributed by atoms with Crippen LogP contribution in [0.4, 0.5) is 0 Å². The summed E-state index contributed by atoms with van der Waals surface area (Å²) in [5.74, 6) is 0.186. The number of rotatable bonds is 6. The zero-order valence-electron chi connectivity index (χ0n) is 13.5. The van der Waals surface area contributed by atoms with E-state index in [4.69, 9.17) is 0 Å². The molecule has 0 N–H and O–H groups in total. The number of hydrogen-bond acceptors (Lipinski definition) is 2. The van der Waals surface area contributed by atoms with Crippen molar-refractivity contribution in [3.8, 4) is 0 Å². The number of aryl methyl sites for hydroxylation is 1. The topological polar surface area (TPSA) is 23.6 Å². The SMILES string of the molecule is CCCCCN1CCN(C(=O)c2ccc(CC)cc2)CC1. The predicted molar refractivity (Wildman–Crippen MR) is 87.7 cm³/mol. The van der Waals surface area contributed by atoms with Gasteiger partial charge in [0, 0.05) is 31.7 Å². The lowest BCUT2D eigenvalue weighted by molar-refractivity contribution is 0.0635. The zero-order chi connectivity index (χ0) is 15.1. The van der Waals surface area contributed by atoms with Crippen LogP contribution in [0.1, 0.15) is 49.0 Å². The number of benzene rings is 1. The van der Waals surface area contributed by atoms with Gasteiger partial charge >= 0.3 is 0 Å². The van der Waals surface area contributed by atoms with Gasteiger partial charge in [0.15, 0.2) is 0 Å². The Morgan fingerprint density at radius 2 is 1.67 bits per heavy atom. The smallest absolute Gasteiger partial charge is 0.253 e. The molecule has 1 heterocycles. The third-order valence-corrected chi connectivity index (χ3v) is 4.35. The Morgan fingerprint density at radius 1 is 1.00 bits per heavy atom. The Balaban J connectivity index is 1.82. The quantitative estimate of drug-likeness (QED) is 0.751. The molecule has 1 fully saturated rings. The monoisotopic (exact) mass is 288 g/mol. The Bertz CT molecular complexity index is 433. The van der Waals surface area contributed by atoms with E-state index in [1.807, 2.05) is 17.0 Å². The van der Waals surface area contributed by atoms with E-state index in [2.05, 4.69) is 30.9 Å². The maximum absolute atomic E-state index is 12.5. The van der Waals surface area contributed by atoms with Crippen LogP contribution in [0.5, 0.6) is 0 Å². The second kappa shape index (κ2) is 8.18. The first-order chi connectivity index (χ1) is 10.2. The van der Waals surface area contributed by atoms with Crippen LogP contribution in [0.3, 0.4) is 0 Å². The molecule has 1 aliphatic heterocycles. The average molecular weight is 288 g/mol. The fourth-order valence-corrected chi connectivity index (χ4v) is 2.83. The lowest BCUT2D eigenvalue weighted by Crippen LogP contribution is -2.48. The van der Waals surface area contributed by atoms with Crippen molar-refractivity contribution in [3.63, 3.8) is 0 Å². The van der Waals surface area contributed by atoms with Crippen molar-refractivity contribution in [1.29, 1.82) is 0 Å². The molecule has 0 unspecified atom stereocenters. The Hall–Kier alpha value is -1.35. The summed E-state index contributed by atoms with van der Waals surface area (Å²) in [4.78, 5) is 17.0. The summed E-state index contributed by atoms with van der Waals surface area (Å²) < 4.78 is 0. The van der Waals surface area contributed by atoms with Gasteiger partial charge in [-0.05, 0) is 37.1 Å². The minimum absolute atomic E-state index is 0.186. The summed E-state index contributed by atoms with van der Waals surface area (Å²) in [5, 5.41) is 0. The second-order valence-corrected chi connectivity index (χ2v) is 5.89. The number of amides is 1. The molecular formula is C18H28N2O. The van der Waals surface area contributed by atoms with Crippen LogP contribution in [0.25, 0.3) is 0 Å². The van der Waals surface area contributed by atoms with Gasteiger partial charge in [-0.2, -0.15) is 0 Å². The van der Waals surface area contributed by atoms with E-state index in [-0.39, 0.29) is 5.91 Å². The lowest BCUT2D eigenvalue weighted by atomic mass is 10.1. The molecule has 21 heavy (non-hydrogen) atoms. The molecule has 0 radical (unpaired) electrons. The van der Waals surface area contributed by atoms with Gasteiger partial charge in [0.05, 0.1) is 0 Å². The normalized spacial score (nSPS) is 16.2. The van der Waals surface area contributed by atoms with Crippen molar-refractivity contribution in [2.45, 2.75) is 39.5 Å². The van der Waals surface area contributed by atoms with Gasteiger partial charge in [0.2, 0.25) is 0 Å². The molecule has 2 rings (SSSR count). The minimum Gasteiger partial charge on any atom is -0.336 e. The summed E-state index contributed by atoms with van der Waals surface area (Å²) in [6.45, 7) is 9.31. The third-order valence-electron chi connectivity index (χ3n) is 4.35. The second-order valence-electron chi connectivity index (χ2n) is 5.89. The van der Waals surface area contributed by atoms with Gasteiger partial charge in [-0.1, -0.05) is 38.8 Å². The van der Waals surface area contributed by atoms with Crippen LogP contribution in [0.15, 0.2) is 24.3 Å². The highest BCUT2D eigenvalue weighted by Crippen LogP contribution is 2.11. The molecule has 0 aromatic heterocycles. The summed E-state index contributed by atoms with van der Waals surface area (Å²) in [6, 6.07) is 8.06. The van der Waals surface area contributed by atoms with E-state index in [0.717, 1.165) is 38.2 Å². The van der Waals surface area contributed by atoms with E-state index < -0.39 is 0 Å². The molecular weight excluding hydrogens is 260 g/mol. The highest BCUT2D eigenvalue weighted by molar-refractivity contribution is 5.94. The Kier molecular flexibility index (Phi) is 6.24. The minimum atomic E-state index is 0.186. The maximum Gasteiger partial charge on any atom is 0.253 e. The van der Waals surface area contributed by atoms with Gasteiger partial charge < -0.3 is 4.90 Å². The molecule has 1 saturated heterocycles. The summed E-state index contributed by atoms with van der Waals surface area (Å²) in [5.41, 5.74) is 2.11. The van der Waals surface area contributed by atoms with E-state index >= 15 is 0 Å². The summed E-state index contributed by atoms with van der Waals surface area (Å²) in [7, 11) is 0. The van der Waals surface area contributed by atoms with Gasteiger partial charge in [0.25, 0.3) is 5.91 Å². The number of unbranched alkanes of at least 4 members (excludes halogenated alkanes) is 2. The third kappa shape index (κ3) is 4.57. The van der Waals surface area contributed by atoms with Crippen molar-refractivity contribution in [2.24, 2.45) is 0 Å². The van der Waals surface area contributed by atoms with Crippen LogP contribution in [0, 0.1) is 0 Å². The molecule has 0 aliphatic carbocycles. The van der Waals surface area contributed by atoms with Crippen LogP contribution in [0.2, 0.25) is 0 Å². The molecule has 1 aromatic carbocycles. The first-order valence-corrected chi connectivity index (χ1v) is 8.35. The van der Waals surface area contributed by atoms with E-state index in [1.54, 1.807) is 0 Å². The zero-order valence-corrected chi connectivity index (χ0v) is 13.5. The highest BCUT2D eigenvalue weighted by atomic mass is 16.2. The van der Waals surface area contributed by atoms with Gasteiger partial charge in [-0.25, -0.2) is 0 Å². The number of nitrogens with zero attached hydrogens (tertiary/aromatic N) is 2. The number of hydrogen-bond donors (Lipinski definition) is 0. The van der Waals surface area contributed by atoms with Crippen molar-refractivity contribution in [1.82, 2.24) is 9.80 Å². The van der Waals surface area contributed by atoms with Gasteiger partial charge in [0.1, 0.15) is 0 Å². The van der Waals surface area contributed by atoms with E-state index in [0.29, 0.717) is 0 Å². The van der Waals surface area contributed by atoms with Crippen LogP contribution in [-0.4, -0.2) is 48.4 Å². The molecule has 3 nitrogen and oxygen atoms in total. The molecule has 1 amide bonds. The maximum atomic E-state index is 12.5. The van der Waals surface area contributed by atoms with E-state index in [9.17, 15) is 4.79 Å². The molecule has 3 heteroatoms. The molecule has 0 bridgehead atoms. The standard InChI is InChI=1S/C18H28N2O/c1-3-5-6-11-19-12-14-20(15-13-19)18(21)17-9-7-16(4-2)8-10-17/h7-10H,3-6,11-15H2,1-2H3. The van der Waals surface area contributed by atoms with Crippen molar-refractivity contribution < 1.29 is 4.79 Å². The number of carbonyl (C=O) groups excluding carboxylic acids is 1. The molecule has 1 aliphatic rings. The van der Waals surface area contributed by atoms with E-state index in [1.165, 1.54) is 31.4 Å².